The van der Waals surface area contributed by atoms with Gasteiger partial charge in [-0.1, -0.05) is 50.2 Å². The molecule has 1 amide bonds. The van der Waals surface area contributed by atoms with E-state index in [-0.39, 0.29) is 16.6 Å². The van der Waals surface area contributed by atoms with Gasteiger partial charge in [0.15, 0.2) is 0 Å². The highest BCUT2D eigenvalue weighted by atomic mass is 32.2. The van der Waals surface area contributed by atoms with Crippen LogP contribution in [0.2, 0.25) is 0 Å². The SMILES string of the molecule is CCN(CC)S(=O)(=O)c1cc(NC(=O)CSc2ccc3ccccc3c2)ccc1C. The molecule has 0 spiro atoms. The van der Waals surface area contributed by atoms with E-state index in [2.05, 4.69) is 17.4 Å². The third-order valence-corrected chi connectivity index (χ3v) is 8.07. The van der Waals surface area contributed by atoms with Crippen LogP contribution in [-0.4, -0.2) is 37.5 Å². The summed E-state index contributed by atoms with van der Waals surface area (Å²) in [7, 11) is -3.59. The highest BCUT2D eigenvalue weighted by Crippen LogP contribution is 2.26. The number of rotatable bonds is 8. The van der Waals surface area contributed by atoms with Crippen molar-refractivity contribution < 1.29 is 13.2 Å². The van der Waals surface area contributed by atoms with Gasteiger partial charge in [0.05, 0.1) is 10.6 Å². The lowest BCUT2D eigenvalue weighted by Crippen LogP contribution is -2.31. The molecular weight excluding hydrogens is 416 g/mol. The van der Waals surface area contributed by atoms with Crippen molar-refractivity contribution in [2.45, 2.75) is 30.6 Å². The fourth-order valence-electron chi connectivity index (χ4n) is 3.26. The first-order chi connectivity index (χ1) is 14.3. The maximum atomic E-state index is 12.9. The minimum absolute atomic E-state index is 0.178. The van der Waals surface area contributed by atoms with Gasteiger partial charge in [-0.3, -0.25) is 4.79 Å². The number of nitrogens with one attached hydrogen (secondary N) is 1. The number of thioether (sulfide) groups is 1. The summed E-state index contributed by atoms with van der Waals surface area (Å²) in [5.74, 6) is 0.0628. The van der Waals surface area contributed by atoms with Gasteiger partial charge < -0.3 is 5.32 Å². The molecule has 0 radical (unpaired) electrons. The average molecular weight is 443 g/mol. The number of amides is 1. The van der Waals surface area contributed by atoms with E-state index in [0.717, 1.165) is 15.7 Å². The zero-order valence-electron chi connectivity index (χ0n) is 17.4. The summed E-state index contributed by atoms with van der Waals surface area (Å²) >= 11 is 1.45. The number of aryl methyl sites for hydroxylation is 1. The van der Waals surface area contributed by atoms with Crippen molar-refractivity contribution in [2.75, 3.05) is 24.2 Å². The lowest BCUT2D eigenvalue weighted by molar-refractivity contribution is -0.113. The molecule has 0 atom stereocenters. The first kappa shape index (κ1) is 22.3. The first-order valence-electron chi connectivity index (χ1n) is 9.87. The molecule has 30 heavy (non-hydrogen) atoms. The zero-order chi connectivity index (χ0) is 21.7. The van der Waals surface area contributed by atoms with E-state index >= 15 is 0 Å². The number of carbonyl (C=O) groups is 1. The van der Waals surface area contributed by atoms with Crippen LogP contribution in [0, 0.1) is 6.92 Å². The number of anilines is 1. The Morgan fingerprint density at radius 3 is 2.37 bits per heavy atom. The Labute approximate surface area is 182 Å². The minimum atomic E-state index is -3.59. The molecule has 3 rings (SSSR count). The van der Waals surface area contributed by atoms with E-state index in [1.54, 1.807) is 25.1 Å². The zero-order valence-corrected chi connectivity index (χ0v) is 19.0. The Morgan fingerprint density at radius 2 is 1.67 bits per heavy atom. The van der Waals surface area contributed by atoms with E-state index < -0.39 is 10.0 Å². The van der Waals surface area contributed by atoms with Gasteiger partial charge in [0.2, 0.25) is 15.9 Å². The molecule has 0 saturated carbocycles. The Bertz CT molecular complexity index is 1160. The summed E-state index contributed by atoms with van der Waals surface area (Å²) in [6, 6.07) is 19.2. The molecule has 0 aliphatic carbocycles. The highest BCUT2D eigenvalue weighted by Gasteiger charge is 2.24. The van der Waals surface area contributed by atoms with Gasteiger partial charge in [-0.15, -0.1) is 11.8 Å². The Hall–Kier alpha value is -2.35. The smallest absolute Gasteiger partial charge is 0.243 e. The average Bonchev–Trinajstić information content (AvgIpc) is 2.74. The standard InChI is InChI=1S/C23H26N2O3S2/c1-4-25(5-2)30(27,28)22-15-20(12-10-17(22)3)24-23(26)16-29-21-13-11-18-8-6-7-9-19(18)14-21/h6-15H,4-5,16H2,1-3H3,(H,24,26). The molecular formula is C23H26N2O3S2. The van der Waals surface area contributed by atoms with Crippen molar-refractivity contribution in [2.24, 2.45) is 0 Å². The van der Waals surface area contributed by atoms with Gasteiger partial charge in [0.1, 0.15) is 0 Å². The van der Waals surface area contributed by atoms with Gasteiger partial charge in [0, 0.05) is 23.7 Å². The largest absolute Gasteiger partial charge is 0.325 e. The summed E-state index contributed by atoms with van der Waals surface area (Å²) < 4.78 is 27.2. The molecule has 158 valence electrons. The molecule has 1 N–H and O–H groups in total. The Morgan fingerprint density at radius 1 is 0.967 bits per heavy atom. The molecule has 0 aliphatic rings. The van der Waals surface area contributed by atoms with E-state index in [9.17, 15) is 13.2 Å². The fraction of sp³-hybridized carbons (Fsp3) is 0.261. The second-order valence-electron chi connectivity index (χ2n) is 6.92. The second kappa shape index (κ2) is 9.64. The van der Waals surface area contributed by atoms with Gasteiger partial charge in [-0.2, -0.15) is 4.31 Å². The molecule has 0 heterocycles. The summed E-state index contributed by atoms with van der Waals surface area (Å²) in [4.78, 5) is 13.7. The quantitative estimate of drug-likeness (QED) is 0.504. The van der Waals surface area contributed by atoms with Gasteiger partial charge in [0.25, 0.3) is 0 Å². The molecule has 0 aromatic heterocycles. The fourth-order valence-corrected chi connectivity index (χ4v) is 5.71. The molecule has 0 saturated heterocycles. The summed E-state index contributed by atoms with van der Waals surface area (Å²) in [5, 5.41) is 5.11. The monoisotopic (exact) mass is 442 g/mol. The number of sulfonamides is 1. The van der Waals surface area contributed by atoms with Crippen LogP contribution in [-0.2, 0) is 14.8 Å². The predicted molar refractivity (Wildman–Crippen MR) is 125 cm³/mol. The third kappa shape index (κ3) is 5.03. The van der Waals surface area contributed by atoms with Crippen LogP contribution in [0.25, 0.3) is 10.8 Å². The maximum Gasteiger partial charge on any atom is 0.243 e. The lowest BCUT2D eigenvalue weighted by Gasteiger charge is -2.20. The Balaban J connectivity index is 1.70. The van der Waals surface area contributed by atoms with Crippen molar-refractivity contribution >= 4 is 44.2 Å². The van der Waals surface area contributed by atoms with E-state index in [1.165, 1.54) is 16.1 Å². The van der Waals surface area contributed by atoms with Crippen molar-refractivity contribution in [3.63, 3.8) is 0 Å². The van der Waals surface area contributed by atoms with Gasteiger partial charge in [-0.25, -0.2) is 8.42 Å². The van der Waals surface area contributed by atoms with Crippen LogP contribution in [0.1, 0.15) is 19.4 Å². The van der Waals surface area contributed by atoms with Crippen molar-refractivity contribution in [3.8, 4) is 0 Å². The van der Waals surface area contributed by atoms with Crippen molar-refractivity contribution in [3.05, 3.63) is 66.2 Å². The van der Waals surface area contributed by atoms with E-state index in [1.807, 2.05) is 44.2 Å². The number of nitrogens with zero attached hydrogens (tertiary/aromatic N) is 1. The summed E-state index contributed by atoms with van der Waals surface area (Å²) in [6.45, 7) is 6.18. The van der Waals surface area contributed by atoms with Gasteiger partial charge in [-0.05, 0) is 47.5 Å². The molecule has 5 nitrogen and oxygen atoms in total. The van der Waals surface area contributed by atoms with Crippen molar-refractivity contribution in [1.29, 1.82) is 0 Å². The lowest BCUT2D eigenvalue weighted by atomic mass is 10.1. The highest BCUT2D eigenvalue weighted by molar-refractivity contribution is 8.00. The van der Waals surface area contributed by atoms with E-state index in [0.29, 0.717) is 24.3 Å². The number of hydrogen-bond acceptors (Lipinski definition) is 4. The number of fused-ring (bicyclic) bond motifs is 1. The van der Waals surface area contributed by atoms with E-state index in [4.69, 9.17) is 0 Å². The second-order valence-corrected chi connectivity index (χ2v) is 9.87. The molecule has 0 fully saturated rings. The van der Waals surface area contributed by atoms with Crippen LogP contribution in [0.3, 0.4) is 0 Å². The minimum Gasteiger partial charge on any atom is -0.325 e. The predicted octanol–water partition coefficient (Wildman–Crippen LogP) is 4.91. The van der Waals surface area contributed by atoms with Crippen LogP contribution >= 0.6 is 11.8 Å². The molecule has 0 aliphatic heterocycles. The van der Waals surface area contributed by atoms with Gasteiger partial charge >= 0.3 is 0 Å². The third-order valence-electron chi connectivity index (χ3n) is 4.89. The van der Waals surface area contributed by atoms with Crippen LogP contribution in [0.15, 0.2) is 70.5 Å². The molecule has 0 unspecified atom stereocenters. The number of benzene rings is 3. The molecule has 7 heteroatoms. The van der Waals surface area contributed by atoms with Crippen LogP contribution in [0.5, 0.6) is 0 Å². The Kier molecular flexibility index (Phi) is 7.18. The normalized spacial score (nSPS) is 11.7. The van der Waals surface area contributed by atoms with Crippen LogP contribution in [0.4, 0.5) is 5.69 Å². The first-order valence-corrected chi connectivity index (χ1v) is 12.3. The molecule has 3 aromatic carbocycles. The number of hydrogen-bond donors (Lipinski definition) is 1. The van der Waals surface area contributed by atoms with Crippen LogP contribution < -0.4 is 5.32 Å². The molecule has 0 bridgehead atoms. The summed E-state index contributed by atoms with van der Waals surface area (Å²) in [5.41, 5.74) is 1.14. The number of carbonyl (C=O) groups excluding carboxylic acids is 1. The summed E-state index contributed by atoms with van der Waals surface area (Å²) in [6.07, 6.45) is 0. The molecule has 3 aromatic rings. The topological polar surface area (TPSA) is 66.5 Å². The maximum absolute atomic E-state index is 12.9. The van der Waals surface area contributed by atoms with Crippen molar-refractivity contribution in [1.82, 2.24) is 4.31 Å².